The van der Waals surface area contributed by atoms with Gasteiger partial charge in [0.15, 0.2) is 0 Å². The molecule has 1 amide bonds. The number of carboxylic acid groups (broad SMARTS) is 1. The summed E-state index contributed by atoms with van der Waals surface area (Å²) in [5.74, 6) is -1.87. The van der Waals surface area contributed by atoms with Crippen LogP contribution in [0.2, 0.25) is 0 Å². The molecule has 0 unspecified atom stereocenters. The molecule has 0 aliphatic carbocycles. The summed E-state index contributed by atoms with van der Waals surface area (Å²) in [4.78, 5) is 26.0. The van der Waals surface area contributed by atoms with E-state index in [1.54, 1.807) is 19.1 Å². The van der Waals surface area contributed by atoms with Crippen molar-refractivity contribution in [2.45, 2.75) is 27.7 Å². The van der Waals surface area contributed by atoms with Gasteiger partial charge in [0, 0.05) is 11.9 Å². The Morgan fingerprint density at radius 1 is 1.21 bits per heavy atom. The molecule has 0 radical (unpaired) electrons. The fourth-order valence-corrected chi connectivity index (χ4v) is 3.15. The Hall–Kier alpha value is -4.19. The van der Waals surface area contributed by atoms with Gasteiger partial charge in [0.25, 0.3) is 5.91 Å². The summed E-state index contributed by atoms with van der Waals surface area (Å²) >= 11 is 0. The summed E-state index contributed by atoms with van der Waals surface area (Å²) in [6.45, 7) is 7.36. The number of ether oxygens (including phenoxy) is 1. The van der Waals surface area contributed by atoms with Crippen molar-refractivity contribution in [3.63, 3.8) is 0 Å². The van der Waals surface area contributed by atoms with Gasteiger partial charge in [-0.25, -0.2) is 9.07 Å². The van der Waals surface area contributed by atoms with Gasteiger partial charge >= 0.3 is 5.97 Å². The van der Waals surface area contributed by atoms with E-state index >= 15 is 0 Å². The van der Waals surface area contributed by atoms with E-state index in [4.69, 9.17) is 4.74 Å². The van der Waals surface area contributed by atoms with Crippen molar-refractivity contribution in [1.29, 1.82) is 5.26 Å². The number of aliphatic carboxylic acids is 1. The van der Waals surface area contributed by atoms with E-state index in [-0.39, 0.29) is 22.2 Å². The number of halogens is 1. The molecule has 3 rings (SSSR count). The summed E-state index contributed by atoms with van der Waals surface area (Å²) in [5, 5.41) is 23.3. The standard InChI is InChI=1S/C25H25FN4O4/c1-16-21(13-30(28-16)19-7-5-18(26)6-8-19)24(33)29(14-23(31)32)20-9-10-22(17(11-20)12-27)34-15-25(2,3)4/h5-11,13H,14-15H2,1-4H3,(H,31,32). The number of hydrogen-bond donors (Lipinski definition) is 1. The van der Waals surface area contributed by atoms with Gasteiger partial charge in [-0.2, -0.15) is 10.4 Å². The molecule has 1 aromatic heterocycles. The lowest BCUT2D eigenvalue weighted by Crippen LogP contribution is -2.36. The third-order valence-corrected chi connectivity index (χ3v) is 4.81. The van der Waals surface area contributed by atoms with E-state index in [1.165, 1.54) is 41.2 Å². The van der Waals surface area contributed by atoms with Crippen molar-refractivity contribution in [2.24, 2.45) is 5.41 Å². The highest BCUT2D eigenvalue weighted by Crippen LogP contribution is 2.28. The maximum Gasteiger partial charge on any atom is 0.323 e. The Morgan fingerprint density at radius 2 is 1.88 bits per heavy atom. The summed E-state index contributed by atoms with van der Waals surface area (Å²) < 4.78 is 20.4. The second-order valence-electron chi connectivity index (χ2n) is 8.98. The van der Waals surface area contributed by atoms with Crippen LogP contribution in [0.15, 0.2) is 48.7 Å². The van der Waals surface area contributed by atoms with Crippen molar-refractivity contribution in [3.05, 3.63) is 71.3 Å². The first kappa shape index (κ1) is 24.5. The van der Waals surface area contributed by atoms with E-state index in [0.717, 1.165) is 4.90 Å². The Balaban J connectivity index is 1.96. The Labute approximate surface area is 196 Å². The molecule has 176 valence electrons. The van der Waals surface area contributed by atoms with Gasteiger partial charge in [0.05, 0.1) is 29.1 Å². The number of nitriles is 1. The summed E-state index contributed by atoms with van der Waals surface area (Å²) in [6.07, 6.45) is 1.46. The first-order chi connectivity index (χ1) is 16.0. The lowest BCUT2D eigenvalue weighted by atomic mass is 9.98. The summed E-state index contributed by atoms with van der Waals surface area (Å²) in [6, 6.07) is 12.1. The number of amides is 1. The van der Waals surface area contributed by atoms with Crippen molar-refractivity contribution >= 4 is 17.6 Å². The number of anilines is 1. The average molecular weight is 464 g/mol. The van der Waals surface area contributed by atoms with Crippen LogP contribution in [0, 0.1) is 29.5 Å². The monoisotopic (exact) mass is 464 g/mol. The zero-order chi connectivity index (χ0) is 25.0. The zero-order valence-electron chi connectivity index (χ0n) is 19.4. The molecule has 0 aliphatic heterocycles. The molecule has 2 aromatic carbocycles. The molecule has 3 aromatic rings. The van der Waals surface area contributed by atoms with Gasteiger partial charge < -0.3 is 9.84 Å². The quantitative estimate of drug-likeness (QED) is 0.557. The third kappa shape index (κ3) is 5.78. The number of nitrogens with zero attached hydrogens (tertiary/aromatic N) is 4. The highest BCUT2D eigenvalue weighted by molar-refractivity contribution is 6.08. The average Bonchev–Trinajstić information content (AvgIpc) is 3.17. The van der Waals surface area contributed by atoms with Crippen LogP contribution in [0.1, 0.15) is 42.4 Å². The number of carbonyl (C=O) groups is 2. The molecular weight excluding hydrogens is 439 g/mol. The molecule has 34 heavy (non-hydrogen) atoms. The van der Waals surface area contributed by atoms with E-state index in [0.29, 0.717) is 23.7 Å². The Morgan fingerprint density at radius 3 is 2.47 bits per heavy atom. The minimum atomic E-state index is -1.22. The summed E-state index contributed by atoms with van der Waals surface area (Å²) in [7, 11) is 0. The first-order valence-corrected chi connectivity index (χ1v) is 10.5. The van der Waals surface area contributed by atoms with E-state index in [2.05, 4.69) is 5.10 Å². The lowest BCUT2D eigenvalue weighted by molar-refractivity contribution is -0.135. The van der Waals surface area contributed by atoms with Crippen LogP contribution in [-0.2, 0) is 4.79 Å². The zero-order valence-corrected chi connectivity index (χ0v) is 19.4. The van der Waals surface area contributed by atoms with Crippen LogP contribution >= 0.6 is 0 Å². The molecule has 0 spiro atoms. The molecule has 0 saturated carbocycles. The van der Waals surface area contributed by atoms with E-state index in [1.807, 2.05) is 26.8 Å². The third-order valence-electron chi connectivity index (χ3n) is 4.81. The van der Waals surface area contributed by atoms with Crippen molar-refractivity contribution < 1.29 is 23.8 Å². The van der Waals surface area contributed by atoms with Crippen LogP contribution < -0.4 is 9.64 Å². The first-order valence-electron chi connectivity index (χ1n) is 10.5. The Kier molecular flexibility index (Phi) is 7.01. The summed E-state index contributed by atoms with van der Waals surface area (Å²) in [5.41, 5.74) is 1.39. The van der Waals surface area contributed by atoms with E-state index < -0.39 is 24.2 Å². The number of benzene rings is 2. The SMILES string of the molecule is Cc1nn(-c2ccc(F)cc2)cc1C(=O)N(CC(=O)O)c1ccc(OCC(C)(C)C)c(C#N)c1. The largest absolute Gasteiger partial charge is 0.492 e. The van der Waals surface area contributed by atoms with Gasteiger partial charge in [-0.15, -0.1) is 0 Å². The number of rotatable bonds is 7. The number of carbonyl (C=O) groups excluding carboxylic acids is 1. The molecule has 0 saturated heterocycles. The number of aryl methyl sites for hydroxylation is 1. The predicted molar refractivity (Wildman–Crippen MR) is 124 cm³/mol. The smallest absolute Gasteiger partial charge is 0.323 e. The van der Waals surface area contributed by atoms with Gasteiger partial charge in [0.1, 0.15) is 24.2 Å². The van der Waals surface area contributed by atoms with Crippen molar-refractivity contribution in [2.75, 3.05) is 18.1 Å². The second kappa shape index (κ2) is 9.75. The van der Waals surface area contributed by atoms with E-state index in [9.17, 15) is 24.3 Å². The fourth-order valence-electron chi connectivity index (χ4n) is 3.15. The normalized spacial score (nSPS) is 11.1. The second-order valence-corrected chi connectivity index (χ2v) is 8.98. The van der Waals surface area contributed by atoms with Crippen LogP contribution in [-0.4, -0.2) is 39.9 Å². The molecule has 1 N–H and O–H groups in total. The maximum atomic E-state index is 13.4. The van der Waals surface area contributed by atoms with Gasteiger partial charge in [-0.05, 0) is 54.8 Å². The molecule has 9 heteroatoms. The molecule has 0 fully saturated rings. The number of aromatic nitrogens is 2. The minimum absolute atomic E-state index is 0.126. The van der Waals surface area contributed by atoms with Crippen LogP contribution in [0.5, 0.6) is 5.75 Å². The molecule has 0 bridgehead atoms. The maximum absolute atomic E-state index is 13.4. The van der Waals surface area contributed by atoms with Gasteiger partial charge in [0.2, 0.25) is 0 Å². The van der Waals surface area contributed by atoms with Crippen LogP contribution in [0.4, 0.5) is 10.1 Å². The Bertz CT molecular complexity index is 1250. The molecular formula is C25H25FN4O4. The fraction of sp³-hybridized carbons (Fsp3) is 0.280. The predicted octanol–water partition coefficient (Wildman–Crippen LogP) is 4.35. The van der Waals surface area contributed by atoms with Crippen molar-refractivity contribution in [3.8, 4) is 17.5 Å². The van der Waals surface area contributed by atoms with Crippen LogP contribution in [0.25, 0.3) is 5.69 Å². The highest BCUT2D eigenvalue weighted by atomic mass is 19.1. The molecule has 8 nitrogen and oxygen atoms in total. The number of carboxylic acids is 1. The van der Waals surface area contributed by atoms with Gasteiger partial charge in [-0.3, -0.25) is 14.5 Å². The van der Waals surface area contributed by atoms with Crippen LogP contribution in [0.3, 0.4) is 0 Å². The molecule has 0 aliphatic rings. The minimum Gasteiger partial charge on any atom is -0.492 e. The van der Waals surface area contributed by atoms with Gasteiger partial charge in [-0.1, -0.05) is 20.8 Å². The number of hydrogen-bond acceptors (Lipinski definition) is 5. The van der Waals surface area contributed by atoms with Crippen molar-refractivity contribution in [1.82, 2.24) is 9.78 Å². The molecule has 0 atom stereocenters. The lowest BCUT2D eigenvalue weighted by Gasteiger charge is -2.23. The topological polar surface area (TPSA) is 108 Å². The molecule has 1 heterocycles. The highest BCUT2D eigenvalue weighted by Gasteiger charge is 2.25.